The van der Waals surface area contributed by atoms with Crippen molar-refractivity contribution in [1.82, 2.24) is 5.43 Å². The predicted octanol–water partition coefficient (Wildman–Crippen LogP) is 5.16. The molecule has 146 valence electrons. The maximum atomic E-state index is 11.9. The second-order valence-electron chi connectivity index (χ2n) is 6.70. The predicted molar refractivity (Wildman–Crippen MR) is 107 cm³/mol. The second-order valence-corrected chi connectivity index (χ2v) is 6.70. The lowest BCUT2D eigenvalue weighted by atomic mass is 10.1. The Balaban J connectivity index is 2.21. The molecule has 1 amide bonds. The lowest BCUT2D eigenvalue weighted by Crippen LogP contribution is -2.18. The van der Waals surface area contributed by atoms with Gasteiger partial charge in [0.2, 0.25) is 5.91 Å². The molecule has 0 atom stereocenters. The minimum absolute atomic E-state index is 0.0574. The molecule has 0 saturated heterocycles. The first kappa shape index (κ1) is 22.0. The Morgan fingerprint density at radius 3 is 2.31 bits per heavy atom. The summed E-state index contributed by atoms with van der Waals surface area (Å²) in [7, 11) is 1.50. The van der Waals surface area contributed by atoms with E-state index < -0.39 is 0 Å². The third-order valence-corrected chi connectivity index (χ3v) is 4.45. The monoisotopic (exact) mass is 362 g/mol. The molecule has 0 saturated carbocycles. The maximum absolute atomic E-state index is 11.9. The molecule has 0 radical (unpaired) electrons. The molecule has 0 heterocycles. The van der Waals surface area contributed by atoms with Gasteiger partial charge in [0.15, 0.2) is 11.5 Å². The molecule has 0 aromatic heterocycles. The van der Waals surface area contributed by atoms with Crippen LogP contribution in [-0.2, 0) is 4.79 Å². The number of methoxy groups -OCH3 is 1. The van der Waals surface area contributed by atoms with Crippen LogP contribution in [0.4, 0.5) is 0 Å². The van der Waals surface area contributed by atoms with Crippen LogP contribution in [0.15, 0.2) is 23.3 Å². The SMILES string of the molecule is CCCCCCCCCCCC(=O)NN=C(C)c1ccc(O)c(OC)c1. The largest absolute Gasteiger partial charge is 0.504 e. The number of hydrogen-bond acceptors (Lipinski definition) is 4. The van der Waals surface area contributed by atoms with Gasteiger partial charge in [-0.05, 0) is 31.5 Å². The van der Waals surface area contributed by atoms with E-state index >= 15 is 0 Å². The van der Waals surface area contributed by atoms with Gasteiger partial charge in [0.1, 0.15) is 0 Å². The Bertz CT molecular complexity index is 570. The molecule has 2 N–H and O–H groups in total. The lowest BCUT2D eigenvalue weighted by Gasteiger charge is -2.07. The quantitative estimate of drug-likeness (QED) is 0.289. The van der Waals surface area contributed by atoms with Crippen molar-refractivity contribution in [2.24, 2.45) is 5.10 Å². The summed E-state index contributed by atoms with van der Waals surface area (Å²) in [5.41, 5.74) is 4.07. The van der Waals surface area contributed by atoms with Gasteiger partial charge >= 0.3 is 0 Å². The van der Waals surface area contributed by atoms with Crippen molar-refractivity contribution in [3.8, 4) is 11.5 Å². The van der Waals surface area contributed by atoms with E-state index in [9.17, 15) is 9.90 Å². The molecule has 0 aliphatic rings. The molecule has 0 aliphatic carbocycles. The fourth-order valence-corrected chi connectivity index (χ4v) is 2.77. The normalized spacial score (nSPS) is 11.4. The number of ether oxygens (including phenoxy) is 1. The van der Waals surface area contributed by atoms with Crippen LogP contribution in [0.5, 0.6) is 11.5 Å². The zero-order chi connectivity index (χ0) is 19.2. The Hall–Kier alpha value is -2.04. The number of phenolic OH excluding ortho intramolecular Hbond substituents is 1. The Morgan fingerprint density at radius 2 is 1.69 bits per heavy atom. The van der Waals surface area contributed by atoms with Crippen molar-refractivity contribution in [1.29, 1.82) is 0 Å². The van der Waals surface area contributed by atoms with Gasteiger partial charge in [0.25, 0.3) is 0 Å². The highest BCUT2D eigenvalue weighted by molar-refractivity contribution is 5.99. The molecule has 1 aromatic carbocycles. The number of carbonyl (C=O) groups excluding carboxylic acids is 1. The van der Waals surface area contributed by atoms with Crippen LogP contribution in [0.2, 0.25) is 0 Å². The van der Waals surface area contributed by atoms with Gasteiger partial charge in [-0.1, -0.05) is 58.3 Å². The van der Waals surface area contributed by atoms with E-state index in [-0.39, 0.29) is 11.7 Å². The third-order valence-electron chi connectivity index (χ3n) is 4.45. The van der Waals surface area contributed by atoms with Gasteiger partial charge < -0.3 is 9.84 Å². The zero-order valence-electron chi connectivity index (χ0n) is 16.5. The number of rotatable bonds is 13. The molecule has 0 unspecified atom stereocenters. The number of aromatic hydroxyl groups is 1. The summed E-state index contributed by atoms with van der Waals surface area (Å²) in [5, 5.41) is 13.7. The maximum Gasteiger partial charge on any atom is 0.240 e. The number of amides is 1. The summed E-state index contributed by atoms with van der Waals surface area (Å²) in [4.78, 5) is 11.9. The molecule has 0 fully saturated rings. The minimum Gasteiger partial charge on any atom is -0.504 e. The Kier molecular flexibility index (Phi) is 11.2. The average molecular weight is 363 g/mol. The fourth-order valence-electron chi connectivity index (χ4n) is 2.77. The molecule has 1 rings (SSSR count). The van der Waals surface area contributed by atoms with E-state index in [1.807, 2.05) is 6.92 Å². The molecule has 5 heteroatoms. The van der Waals surface area contributed by atoms with Gasteiger partial charge in [-0.15, -0.1) is 0 Å². The van der Waals surface area contributed by atoms with Crippen molar-refractivity contribution < 1.29 is 14.6 Å². The van der Waals surface area contributed by atoms with E-state index in [4.69, 9.17) is 4.74 Å². The number of hydrazone groups is 1. The molecule has 0 bridgehead atoms. The highest BCUT2D eigenvalue weighted by Crippen LogP contribution is 2.26. The standard InChI is InChI=1S/C21H34N2O3/c1-4-5-6-7-8-9-10-11-12-13-21(25)23-22-17(2)18-14-15-19(24)20(16-18)26-3/h14-16,24H,4-13H2,1-3H3,(H,23,25). The first-order chi connectivity index (χ1) is 12.6. The first-order valence-corrected chi connectivity index (χ1v) is 9.79. The van der Waals surface area contributed by atoms with Gasteiger partial charge in [-0.3, -0.25) is 4.79 Å². The number of phenols is 1. The van der Waals surface area contributed by atoms with E-state index in [0.717, 1.165) is 18.4 Å². The smallest absolute Gasteiger partial charge is 0.240 e. The molecule has 0 aliphatic heterocycles. The van der Waals surface area contributed by atoms with Crippen molar-refractivity contribution in [3.05, 3.63) is 23.8 Å². The molecular formula is C21H34N2O3. The number of carbonyl (C=O) groups is 1. The second kappa shape index (κ2) is 13.2. The summed E-state index contributed by atoms with van der Waals surface area (Å²) in [6.07, 6.45) is 11.6. The van der Waals surface area contributed by atoms with Crippen molar-refractivity contribution in [2.75, 3.05) is 7.11 Å². The lowest BCUT2D eigenvalue weighted by molar-refractivity contribution is -0.121. The number of unbranched alkanes of at least 4 members (excludes halogenated alkanes) is 8. The van der Waals surface area contributed by atoms with Crippen molar-refractivity contribution in [3.63, 3.8) is 0 Å². The van der Waals surface area contributed by atoms with Crippen molar-refractivity contribution in [2.45, 2.75) is 78.1 Å². The molecule has 0 spiro atoms. The summed E-state index contributed by atoms with van der Waals surface area (Å²) in [5.74, 6) is 0.412. The summed E-state index contributed by atoms with van der Waals surface area (Å²) < 4.78 is 5.08. The van der Waals surface area contributed by atoms with Crippen LogP contribution in [0.3, 0.4) is 0 Å². The number of hydrogen-bond donors (Lipinski definition) is 2. The van der Waals surface area contributed by atoms with Crippen LogP contribution < -0.4 is 10.2 Å². The number of nitrogens with one attached hydrogen (secondary N) is 1. The van der Waals surface area contributed by atoms with Crippen LogP contribution in [-0.4, -0.2) is 23.8 Å². The molecular weight excluding hydrogens is 328 g/mol. The van der Waals surface area contributed by atoms with E-state index in [2.05, 4.69) is 17.5 Å². The summed E-state index contributed by atoms with van der Waals surface area (Å²) >= 11 is 0. The van der Waals surface area contributed by atoms with E-state index in [1.165, 1.54) is 52.1 Å². The first-order valence-electron chi connectivity index (χ1n) is 9.79. The molecule has 26 heavy (non-hydrogen) atoms. The number of nitrogens with zero attached hydrogens (tertiary/aromatic N) is 1. The summed E-state index contributed by atoms with van der Waals surface area (Å²) in [6.45, 7) is 4.04. The minimum atomic E-state index is -0.0574. The Morgan fingerprint density at radius 1 is 1.08 bits per heavy atom. The average Bonchev–Trinajstić information content (AvgIpc) is 2.65. The fraction of sp³-hybridized carbons (Fsp3) is 0.619. The van der Waals surface area contributed by atoms with Crippen LogP contribution in [0, 0.1) is 0 Å². The van der Waals surface area contributed by atoms with Gasteiger partial charge in [-0.25, -0.2) is 5.43 Å². The zero-order valence-corrected chi connectivity index (χ0v) is 16.5. The molecule has 1 aromatic rings. The van der Waals surface area contributed by atoms with Crippen LogP contribution in [0.1, 0.15) is 83.6 Å². The van der Waals surface area contributed by atoms with E-state index in [0.29, 0.717) is 17.9 Å². The van der Waals surface area contributed by atoms with Gasteiger partial charge in [0, 0.05) is 12.0 Å². The van der Waals surface area contributed by atoms with Gasteiger partial charge in [0.05, 0.1) is 12.8 Å². The Labute approximate surface area is 157 Å². The number of benzene rings is 1. The highest BCUT2D eigenvalue weighted by Gasteiger charge is 2.06. The van der Waals surface area contributed by atoms with Crippen LogP contribution in [0.25, 0.3) is 0 Å². The summed E-state index contributed by atoms with van der Waals surface area (Å²) in [6, 6.07) is 4.99. The topological polar surface area (TPSA) is 70.9 Å². The van der Waals surface area contributed by atoms with Crippen molar-refractivity contribution >= 4 is 11.6 Å². The molecule has 5 nitrogen and oxygen atoms in total. The van der Waals surface area contributed by atoms with E-state index in [1.54, 1.807) is 18.2 Å². The van der Waals surface area contributed by atoms with Gasteiger partial charge in [-0.2, -0.15) is 5.10 Å². The highest BCUT2D eigenvalue weighted by atomic mass is 16.5. The van der Waals surface area contributed by atoms with Crippen LogP contribution >= 0.6 is 0 Å². The third kappa shape index (κ3) is 8.88.